The SMILES string of the molecule is COc1ccc(C(=O)NCCC(C)C)cc1S(=O)(=O)NC1CC1. The Bertz CT molecular complexity index is 667. The number of hydrogen-bond donors (Lipinski definition) is 2. The predicted octanol–water partition coefficient (Wildman–Crippen LogP) is 1.91. The van der Waals surface area contributed by atoms with Gasteiger partial charge in [0.05, 0.1) is 7.11 Å². The van der Waals surface area contributed by atoms with E-state index in [0.29, 0.717) is 18.0 Å². The first-order chi connectivity index (χ1) is 10.8. The van der Waals surface area contributed by atoms with E-state index in [1.54, 1.807) is 6.07 Å². The number of rotatable bonds is 8. The maximum atomic E-state index is 12.4. The zero-order valence-corrected chi connectivity index (χ0v) is 14.6. The first kappa shape index (κ1) is 17.7. The van der Waals surface area contributed by atoms with Crippen molar-refractivity contribution in [1.82, 2.24) is 10.0 Å². The Morgan fingerprint density at radius 3 is 2.61 bits per heavy atom. The topological polar surface area (TPSA) is 84.5 Å². The molecule has 7 heteroatoms. The summed E-state index contributed by atoms with van der Waals surface area (Å²) in [6.07, 6.45) is 2.56. The highest BCUT2D eigenvalue weighted by Gasteiger charge is 2.30. The van der Waals surface area contributed by atoms with Crippen molar-refractivity contribution >= 4 is 15.9 Å². The van der Waals surface area contributed by atoms with Crippen molar-refractivity contribution in [3.63, 3.8) is 0 Å². The van der Waals surface area contributed by atoms with E-state index in [2.05, 4.69) is 23.9 Å². The van der Waals surface area contributed by atoms with Crippen molar-refractivity contribution in [2.75, 3.05) is 13.7 Å². The van der Waals surface area contributed by atoms with Crippen LogP contribution in [-0.4, -0.2) is 34.0 Å². The second-order valence-corrected chi connectivity index (χ2v) is 7.88. The maximum absolute atomic E-state index is 12.4. The lowest BCUT2D eigenvalue weighted by Crippen LogP contribution is -2.28. The number of benzene rings is 1. The third-order valence-electron chi connectivity index (χ3n) is 3.62. The molecule has 23 heavy (non-hydrogen) atoms. The number of hydrogen-bond acceptors (Lipinski definition) is 4. The molecule has 6 nitrogen and oxygen atoms in total. The maximum Gasteiger partial charge on any atom is 0.251 e. The minimum atomic E-state index is -3.68. The predicted molar refractivity (Wildman–Crippen MR) is 88.1 cm³/mol. The number of carbonyl (C=O) groups is 1. The Morgan fingerprint density at radius 1 is 1.35 bits per heavy atom. The largest absolute Gasteiger partial charge is 0.495 e. The molecule has 0 spiro atoms. The molecule has 1 aliphatic carbocycles. The number of nitrogens with one attached hydrogen (secondary N) is 2. The van der Waals surface area contributed by atoms with Gasteiger partial charge in [-0.1, -0.05) is 13.8 Å². The fourth-order valence-corrected chi connectivity index (χ4v) is 3.59. The van der Waals surface area contributed by atoms with Crippen LogP contribution in [0.2, 0.25) is 0 Å². The van der Waals surface area contributed by atoms with Gasteiger partial charge < -0.3 is 10.1 Å². The van der Waals surface area contributed by atoms with E-state index in [9.17, 15) is 13.2 Å². The molecule has 1 aliphatic rings. The van der Waals surface area contributed by atoms with Crippen LogP contribution in [0.5, 0.6) is 5.75 Å². The summed E-state index contributed by atoms with van der Waals surface area (Å²) < 4.78 is 32.6. The Balaban J connectivity index is 2.19. The van der Waals surface area contributed by atoms with E-state index in [0.717, 1.165) is 19.3 Å². The van der Waals surface area contributed by atoms with Crippen LogP contribution in [0.1, 0.15) is 43.5 Å². The van der Waals surface area contributed by atoms with E-state index in [4.69, 9.17) is 4.74 Å². The number of sulfonamides is 1. The molecule has 0 aliphatic heterocycles. The van der Waals surface area contributed by atoms with Gasteiger partial charge in [0.2, 0.25) is 10.0 Å². The summed E-state index contributed by atoms with van der Waals surface area (Å²) >= 11 is 0. The van der Waals surface area contributed by atoms with Gasteiger partial charge in [-0.3, -0.25) is 4.79 Å². The fourth-order valence-electron chi connectivity index (χ4n) is 2.09. The third-order valence-corrected chi connectivity index (χ3v) is 5.16. The van der Waals surface area contributed by atoms with Crippen molar-refractivity contribution in [1.29, 1.82) is 0 Å². The second kappa shape index (κ2) is 7.31. The third kappa shape index (κ3) is 4.94. The molecule has 0 unspecified atom stereocenters. The molecule has 2 N–H and O–H groups in total. The lowest BCUT2D eigenvalue weighted by Gasteiger charge is -2.12. The molecule has 0 atom stereocenters. The summed E-state index contributed by atoms with van der Waals surface area (Å²) in [7, 11) is -2.27. The number of ether oxygens (including phenoxy) is 1. The normalized spacial score (nSPS) is 14.8. The number of amides is 1. The molecule has 1 aromatic carbocycles. The summed E-state index contributed by atoms with van der Waals surface area (Å²) in [6, 6.07) is 4.44. The Labute approximate surface area is 137 Å². The molecule has 0 aromatic heterocycles. The van der Waals surface area contributed by atoms with Gasteiger partial charge in [-0.25, -0.2) is 13.1 Å². The monoisotopic (exact) mass is 340 g/mol. The molecule has 1 aromatic rings. The average molecular weight is 340 g/mol. The Morgan fingerprint density at radius 2 is 2.04 bits per heavy atom. The van der Waals surface area contributed by atoms with Gasteiger partial charge in [0.25, 0.3) is 5.91 Å². The van der Waals surface area contributed by atoms with Crippen LogP contribution in [0.25, 0.3) is 0 Å². The van der Waals surface area contributed by atoms with E-state index < -0.39 is 10.0 Å². The van der Waals surface area contributed by atoms with Crippen LogP contribution in [0, 0.1) is 5.92 Å². The van der Waals surface area contributed by atoms with Crippen LogP contribution >= 0.6 is 0 Å². The van der Waals surface area contributed by atoms with Gasteiger partial charge in [0, 0.05) is 18.2 Å². The van der Waals surface area contributed by atoms with Crippen LogP contribution in [0.3, 0.4) is 0 Å². The minimum Gasteiger partial charge on any atom is -0.495 e. The molecule has 0 heterocycles. The van der Waals surface area contributed by atoms with Crippen molar-refractivity contribution in [2.24, 2.45) is 5.92 Å². The van der Waals surface area contributed by atoms with E-state index >= 15 is 0 Å². The van der Waals surface area contributed by atoms with Gasteiger partial charge in [0.15, 0.2) is 0 Å². The molecule has 0 bridgehead atoms. The highest BCUT2D eigenvalue weighted by atomic mass is 32.2. The first-order valence-corrected chi connectivity index (χ1v) is 9.30. The molecule has 1 amide bonds. The highest BCUT2D eigenvalue weighted by molar-refractivity contribution is 7.89. The zero-order valence-electron chi connectivity index (χ0n) is 13.8. The summed E-state index contributed by atoms with van der Waals surface area (Å²) in [5, 5.41) is 2.80. The van der Waals surface area contributed by atoms with Gasteiger partial charge in [0.1, 0.15) is 10.6 Å². The second-order valence-electron chi connectivity index (χ2n) is 6.20. The van der Waals surface area contributed by atoms with Gasteiger partial charge in [-0.05, 0) is 43.4 Å². The lowest BCUT2D eigenvalue weighted by atomic mass is 10.1. The summed E-state index contributed by atoms with van der Waals surface area (Å²) in [4.78, 5) is 12.2. The fraction of sp³-hybridized carbons (Fsp3) is 0.562. The van der Waals surface area contributed by atoms with Gasteiger partial charge in [-0.15, -0.1) is 0 Å². The number of carbonyl (C=O) groups excluding carboxylic acids is 1. The van der Waals surface area contributed by atoms with Gasteiger partial charge in [-0.2, -0.15) is 0 Å². The van der Waals surface area contributed by atoms with Crippen LogP contribution in [-0.2, 0) is 10.0 Å². The quantitative estimate of drug-likeness (QED) is 0.757. The van der Waals surface area contributed by atoms with Crippen molar-refractivity contribution in [2.45, 2.75) is 44.0 Å². The Hall–Kier alpha value is -1.60. The van der Waals surface area contributed by atoms with Crippen LogP contribution in [0.15, 0.2) is 23.1 Å². The molecule has 1 fully saturated rings. The minimum absolute atomic E-state index is 0.00316. The van der Waals surface area contributed by atoms with Crippen molar-refractivity contribution in [3.05, 3.63) is 23.8 Å². The van der Waals surface area contributed by atoms with Crippen LogP contribution < -0.4 is 14.8 Å². The molecule has 0 saturated heterocycles. The summed E-state index contributed by atoms with van der Waals surface area (Å²) in [5.41, 5.74) is 0.311. The van der Waals surface area contributed by atoms with Crippen LogP contribution in [0.4, 0.5) is 0 Å². The van der Waals surface area contributed by atoms with E-state index in [-0.39, 0.29) is 22.6 Å². The van der Waals surface area contributed by atoms with Gasteiger partial charge >= 0.3 is 0 Å². The first-order valence-electron chi connectivity index (χ1n) is 7.82. The van der Waals surface area contributed by atoms with E-state index in [1.165, 1.54) is 19.2 Å². The Kier molecular flexibility index (Phi) is 5.64. The van der Waals surface area contributed by atoms with E-state index in [1.807, 2.05) is 0 Å². The lowest BCUT2D eigenvalue weighted by molar-refractivity contribution is 0.0951. The molecule has 2 rings (SSSR count). The number of methoxy groups -OCH3 is 1. The summed E-state index contributed by atoms with van der Waals surface area (Å²) in [5.74, 6) is 0.443. The summed E-state index contributed by atoms with van der Waals surface area (Å²) in [6.45, 7) is 4.71. The molecular formula is C16H24N2O4S. The molecule has 1 saturated carbocycles. The van der Waals surface area contributed by atoms with Crippen molar-refractivity contribution in [3.8, 4) is 5.75 Å². The molecular weight excluding hydrogens is 316 g/mol. The van der Waals surface area contributed by atoms with Crippen molar-refractivity contribution < 1.29 is 17.9 Å². The highest BCUT2D eigenvalue weighted by Crippen LogP contribution is 2.28. The smallest absolute Gasteiger partial charge is 0.251 e. The zero-order chi connectivity index (χ0) is 17.0. The molecule has 128 valence electrons. The molecule has 0 radical (unpaired) electrons. The standard InChI is InChI=1S/C16H24N2O4S/c1-11(2)8-9-17-16(19)12-4-7-14(22-3)15(10-12)23(20,21)18-13-5-6-13/h4,7,10-11,13,18H,5-6,8-9H2,1-3H3,(H,17,19). The average Bonchev–Trinajstić information content (AvgIpc) is 3.29.